The van der Waals surface area contributed by atoms with Crippen molar-refractivity contribution in [3.05, 3.63) is 497 Å². The number of fused-ring (bicyclic) bond motifs is 31. The van der Waals surface area contributed by atoms with Crippen molar-refractivity contribution in [1.29, 1.82) is 0 Å². The lowest BCUT2D eigenvalue weighted by molar-refractivity contribution is 0.669. The molecule has 0 saturated carbocycles. The Morgan fingerprint density at radius 2 is 0.409 bits per heavy atom. The summed E-state index contributed by atoms with van der Waals surface area (Å²) >= 11 is 0. The zero-order valence-corrected chi connectivity index (χ0v) is 80.0. The van der Waals surface area contributed by atoms with Crippen LogP contribution in [-0.2, 0) is 0 Å². The molecule has 694 valence electrons. The lowest BCUT2D eigenvalue weighted by Gasteiger charge is -2.13. The lowest BCUT2D eigenvalue weighted by Crippen LogP contribution is -1.98. The number of aromatic nitrogens is 10. The minimum absolute atomic E-state index is 0.846. The summed E-state index contributed by atoms with van der Waals surface area (Å²) in [6, 6.07) is 176. The molecule has 11 aromatic heterocycles. The number of furan rings is 3. The van der Waals surface area contributed by atoms with Gasteiger partial charge in [0.2, 0.25) is 0 Å². The highest BCUT2D eigenvalue weighted by Crippen LogP contribution is 2.50. The van der Waals surface area contributed by atoms with E-state index >= 15 is 0 Å². The minimum Gasteiger partial charge on any atom is -0.456 e. The Bertz CT molecular complexity index is 11300. The molecule has 11 heterocycles. The van der Waals surface area contributed by atoms with Gasteiger partial charge in [-0.05, 0) is 206 Å². The summed E-state index contributed by atoms with van der Waals surface area (Å²) < 4.78 is 34.1. The van der Waals surface area contributed by atoms with Gasteiger partial charge in [-0.1, -0.05) is 291 Å². The van der Waals surface area contributed by atoms with E-state index in [2.05, 4.69) is 440 Å². The molecule has 13 heteroatoms. The first-order valence-corrected chi connectivity index (χ1v) is 50.5. The van der Waals surface area contributed by atoms with Crippen molar-refractivity contribution < 1.29 is 13.3 Å². The Balaban J connectivity index is 0.000000102. The van der Waals surface area contributed by atoms with E-state index in [0.29, 0.717) is 0 Å². The molecule has 0 bridgehead atoms. The van der Waals surface area contributed by atoms with E-state index in [0.717, 1.165) is 227 Å². The molecule has 0 aliphatic carbocycles. The van der Waals surface area contributed by atoms with Crippen LogP contribution in [-0.4, -0.2) is 47.3 Å². The highest BCUT2D eigenvalue weighted by Gasteiger charge is 2.29. The second-order valence-corrected chi connectivity index (χ2v) is 38.5. The Kier molecular flexibility index (Phi) is 18.5. The molecule has 0 saturated heterocycles. The largest absolute Gasteiger partial charge is 0.456 e. The highest BCUT2D eigenvalue weighted by atomic mass is 16.3. The molecule has 149 heavy (non-hydrogen) atoms. The van der Waals surface area contributed by atoms with Crippen LogP contribution in [0.25, 0.3) is 298 Å². The van der Waals surface area contributed by atoms with Crippen molar-refractivity contribution in [1.82, 2.24) is 47.3 Å². The quantitative estimate of drug-likeness (QED) is 0.134. The van der Waals surface area contributed by atoms with Crippen molar-refractivity contribution >= 4 is 219 Å². The summed E-state index contributed by atoms with van der Waals surface area (Å²) in [6.07, 6.45) is 0. The van der Waals surface area contributed by atoms with Crippen LogP contribution in [0.1, 0.15) is 0 Å². The maximum Gasteiger partial charge on any atom is 0.145 e. The predicted octanol–water partition coefficient (Wildman–Crippen LogP) is 35.9. The van der Waals surface area contributed by atoms with E-state index in [9.17, 15) is 0 Å². The maximum atomic E-state index is 6.76. The number of hydrogen-bond donors (Lipinski definition) is 0. The Labute approximate surface area is 850 Å². The van der Waals surface area contributed by atoms with Crippen LogP contribution in [0.3, 0.4) is 0 Å². The summed E-state index contributed by atoms with van der Waals surface area (Å²) in [4.78, 5) is 20.7. The van der Waals surface area contributed by atoms with Crippen LogP contribution < -0.4 is 0 Å². The molecule has 0 aliphatic rings. The first-order valence-electron chi connectivity index (χ1n) is 50.5. The number of para-hydroxylation sites is 14. The normalized spacial score (nSPS) is 12.0. The summed E-state index contributed by atoms with van der Waals surface area (Å²) in [5, 5.41) is 21.0. The van der Waals surface area contributed by atoms with Gasteiger partial charge in [0.15, 0.2) is 0 Å². The molecule has 13 nitrogen and oxygen atoms in total. The molecule has 0 aliphatic heterocycles. The topological polar surface area (TPSA) is 121 Å². The van der Waals surface area contributed by atoms with Gasteiger partial charge in [-0.2, -0.15) is 0 Å². The Hall–Kier alpha value is -20.3. The van der Waals surface area contributed by atoms with Crippen molar-refractivity contribution in [2.24, 2.45) is 0 Å². The van der Waals surface area contributed by atoms with E-state index in [4.69, 9.17) is 33.2 Å². The molecule has 0 N–H and O–H groups in total. The third kappa shape index (κ3) is 13.0. The van der Waals surface area contributed by atoms with Crippen LogP contribution in [0, 0.1) is 0 Å². The molecule has 0 radical (unpaired) electrons. The fraction of sp³-hybridized carbons (Fsp3) is 0. The third-order valence-electron chi connectivity index (χ3n) is 30.3. The van der Waals surface area contributed by atoms with E-state index in [1.54, 1.807) is 0 Å². The van der Waals surface area contributed by atoms with Gasteiger partial charge in [0, 0.05) is 143 Å². The molecule has 33 aromatic rings. The van der Waals surface area contributed by atoms with Gasteiger partial charge in [0.1, 0.15) is 33.5 Å². The van der Waals surface area contributed by atoms with Crippen LogP contribution in [0.5, 0.6) is 0 Å². The Morgan fingerprint density at radius 3 is 0.826 bits per heavy atom. The first kappa shape index (κ1) is 83.3. The SMILES string of the molecule is c1ccc(-c2nc3ccccc3nc2-c2ccc(-n3c4ccccc4c4cc5c6c7oc8ccccc8c7ccc6n(-c6ccccc6)c5cc43)cc2)cc1.c1ccc(-c2nc3ccccc3nc2-c2cccc(-n3c4cc5c(cc4c4c6oc7ccccc7c6ccc43)c3ccccc3n5-c3ccccc3)c2)cc1.c1ccc(-n2c3ccccc3c3cc4c5cc6oc7ccccc7c6cc5n(-c5ccccc5)c4cc32)cc1. The van der Waals surface area contributed by atoms with Gasteiger partial charge in [-0.25, -0.2) is 19.9 Å². The van der Waals surface area contributed by atoms with E-state index in [-0.39, 0.29) is 0 Å². The third-order valence-corrected chi connectivity index (χ3v) is 30.3. The van der Waals surface area contributed by atoms with Crippen molar-refractivity contribution in [2.75, 3.05) is 0 Å². The molecule has 0 fully saturated rings. The molecular formula is C136H82N10O3. The smallest absolute Gasteiger partial charge is 0.145 e. The standard InChI is InChI=1S/2C50H30N4O.C36H22N2O/c1-3-14-31(15-4-1)48-49(52-41-23-10-9-22-40(41)51-48)32-16-13-19-34(28-32)54-43-27-26-37-36-21-8-12-25-46(36)55-50(37)47(43)39-29-38-35-20-7-11-24-42(35)53(44(38)30-45(39)54)33-17-5-2-6-18-33;1-3-13-31(14-4-1)48-49(52-41-20-10-9-19-40(41)51-48)32-23-25-34(26-24-32)53-42-21-11-7-17-35(42)38-29-39-45(30-44(38)53)54(33-15-5-2-6-16-33)43-28-27-37-36-18-8-12-22-46(36)55-50(37)47(39)43;1-3-11-23(12-4-1)37-31-17-9-7-15-25(31)27-19-28-29-21-36-30(26-16-8-10-18-35(26)39-36)20-32(29)38(34(28)22-33(27)37)24-13-5-2-6-14-24/h2*1-30H;1-22H. The van der Waals surface area contributed by atoms with Gasteiger partial charge >= 0.3 is 0 Å². The van der Waals surface area contributed by atoms with Gasteiger partial charge in [-0.15, -0.1) is 0 Å². The minimum atomic E-state index is 0.846. The van der Waals surface area contributed by atoms with Crippen molar-refractivity contribution in [3.63, 3.8) is 0 Å². The Morgan fingerprint density at radius 1 is 0.134 bits per heavy atom. The molecule has 0 atom stereocenters. The zero-order chi connectivity index (χ0) is 97.6. The zero-order valence-electron chi connectivity index (χ0n) is 80.0. The molecule has 0 spiro atoms. The van der Waals surface area contributed by atoms with Crippen molar-refractivity contribution in [2.45, 2.75) is 0 Å². The van der Waals surface area contributed by atoms with Crippen LogP contribution in [0.4, 0.5) is 0 Å². The van der Waals surface area contributed by atoms with Gasteiger partial charge in [0.05, 0.1) is 122 Å². The fourth-order valence-corrected chi connectivity index (χ4v) is 23.7. The van der Waals surface area contributed by atoms with Gasteiger partial charge in [-0.3, -0.25) is 0 Å². The van der Waals surface area contributed by atoms with E-state index in [1.807, 2.05) is 84.9 Å². The van der Waals surface area contributed by atoms with Gasteiger partial charge < -0.3 is 40.7 Å². The average molecular weight is 1900 g/mol. The average Bonchev–Trinajstić information content (AvgIpc) is 1.07. The molecular weight excluding hydrogens is 1820 g/mol. The lowest BCUT2D eigenvalue weighted by atomic mass is 10.0. The summed E-state index contributed by atoms with van der Waals surface area (Å²) in [7, 11) is 0. The number of benzene rings is 22. The van der Waals surface area contributed by atoms with Gasteiger partial charge in [0.25, 0.3) is 0 Å². The first-order chi connectivity index (χ1) is 73.9. The second kappa shape index (κ2) is 33.2. The van der Waals surface area contributed by atoms with Crippen LogP contribution in [0.2, 0.25) is 0 Å². The van der Waals surface area contributed by atoms with E-state index < -0.39 is 0 Å². The fourth-order valence-electron chi connectivity index (χ4n) is 23.7. The second-order valence-electron chi connectivity index (χ2n) is 38.5. The number of rotatable bonds is 10. The number of hydrogen-bond acceptors (Lipinski definition) is 7. The molecule has 33 rings (SSSR count). The monoisotopic (exact) mass is 1900 g/mol. The van der Waals surface area contributed by atoms with Crippen LogP contribution >= 0.6 is 0 Å². The highest BCUT2D eigenvalue weighted by molar-refractivity contribution is 6.30. The van der Waals surface area contributed by atoms with Crippen LogP contribution in [0.15, 0.2) is 511 Å². The van der Waals surface area contributed by atoms with E-state index in [1.165, 1.54) is 70.7 Å². The summed E-state index contributed by atoms with van der Waals surface area (Å²) in [5.41, 5.74) is 36.9. The van der Waals surface area contributed by atoms with Crippen molar-refractivity contribution in [3.8, 4) is 79.2 Å². The maximum absolute atomic E-state index is 6.76. The molecule has 22 aromatic carbocycles. The molecule has 0 unspecified atom stereocenters. The molecule has 0 amide bonds. The number of nitrogens with zero attached hydrogens (tertiary/aromatic N) is 10. The summed E-state index contributed by atoms with van der Waals surface area (Å²) in [6.45, 7) is 0. The predicted molar refractivity (Wildman–Crippen MR) is 615 cm³/mol. The summed E-state index contributed by atoms with van der Waals surface area (Å²) in [5.74, 6) is 0.